The Bertz CT molecular complexity index is 865. The summed E-state index contributed by atoms with van der Waals surface area (Å²) in [6, 6.07) is 3.71. The quantitative estimate of drug-likeness (QED) is 0.834. The molecule has 1 fully saturated rings. The van der Waals surface area contributed by atoms with Gasteiger partial charge in [0.15, 0.2) is 0 Å². The Balaban J connectivity index is 2.52. The standard InChI is InChI=1S/C17H23FN2O6S/c1-6-14(21)19-11-7-8-13(18)12(9-11)17(5)10-25-27(23,24)20(17)15(22)26-16(2,3)4/h7-9H,6,10H2,1-5H3,(H,19,21). The van der Waals surface area contributed by atoms with Crippen molar-refractivity contribution in [1.29, 1.82) is 0 Å². The fourth-order valence-electron chi connectivity index (χ4n) is 2.60. The lowest BCUT2D eigenvalue weighted by Gasteiger charge is -2.33. The topological polar surface area (TPSA) is 102 Å². The first-order valence-electron chi connectivity index (χ1n) is 8.33. The summed E-state index contributed by atoms with van der Waals surface area (Å²) in [5, 5.41) is 2.57. The van der Waals surface area contributed by atoms with E-state index in [9.17, 15) is 22.4 Å². The maximum absolute atomic E-state index is 14.6. The van der Waals surface area contributed by atoms with Crippen molar-refractivity contribution in [2.75, 3.05) is 11.9 Å². The molecule has 1 aromatic carbocycles. The molecule has 1 aliphatic rings. The summed E-state index contributed by atoms with van der Waals surface area (Å²) in [7, 11) is -4.47. The number of halogens is 1. The van der Waals surface area contributed by atoms with Crippen LogP contribution in [0.15, 0.2) is 18.2 Å². The molecule has 1 N–H and O–H groups in total. The van der Waals surface area contributed by atoms with Gasteiger partial charge < -0.3 is 10.1 Å². The average Bonchev–Trinajstić information content (AvgIpc) is 2.78. The Kier molecular flexibility index (Phi) is 5.53. The number of anilines is 1. The Hall–Kier alpha value is -2.20. The van der Waals surface area contributed by atoms with Crippen LogP contribution < -0.4 is 5.32 Å². The van der Waals surface area contributed by atoms with E-state index in [2.05, 4.69) is 5.32 Å². The van der Waals surface area contributed by atoms with E-state index in [4.69, 9.17) is 8.92 Å². The molecule has 1 aromatic rings. The highest BCUT2D eigenvalue weighted by Crippen LogP contribution is 2.40. The summed E-state index contributed by atoms with van der Waals surface area (Å²) in [6.45, 7) is 7.25. The lowest BCUT2D eigenvalue weighted by atomic mass is 9.92. The van der Waals surface area contributed by atoms with Crippen molar-refractivity contribution < 1.29 is 31.3 Å². The SMILES string of the molecule is CCC(=O)Nc1ccc(F)c(C2(C)COS(=O)(=O)N2C(=O)OC(C)(C)C)c1. The molecule has 2 rings (SSSR count). The Morgan fingerprint density at radius 1 is 1.37 bits per heavy atom. The summed E-state index contributed by atoms with van der Waals surface area (Å²) < 4.78 is 49.5. The first-order chi connectivity index (χ1) is 12.3. The smallest absolute Gasteiger partial charge is 0.426 e. The normalized spacial score (nSPS) is 21.8. The zero-order valence-corrected chi connectivity index (χ0v) is 16.6. The second-order valence-corrected chi connectivity index (χ2v) is 8.79. The fraction of sp³-hybridized carbons (Fsp3) is 0.529. The minimum atomic E-state index is -4.47. The predicted octanol–water partition coefficient (Wildman–Crippen LogP) is 2.90. The molecule has 0 aliphatic carbocycles. The molecular formula is C17H23FN2O6S. The third kappa shape index (κ3) is 4.38. The average molecular weight is 402 g/mol. The van der Waals surface area contributed by atoms with E-state index in [1.54, 1.807) is 27.7 Å². The number of carbonyl (C=O) groups excluding carboxylic acids is 2. The zero-order valence-electron chi connectivity index (χ0n) is 15.8. The van der Waals surface area contributed by atoms with Gasteiger partial charge in [-0.2, -0.15) is 12.7 Å². The molecule has 2 amide bonds. The maximum atomic E-state index is 14.6. The van der Waals surface area contributed by atoms with Crippen LogP contribution >= 0.6 is 0 Å². The van der Waals surface area contributed by atoms with Gasteiger partial charge in [0.2, 0.25) is 5.91 Å². The third-order valence-corrected chi connectivity index (χ3v) is 5.29. The first kappa shape index (κ1) is 21.1. The summed E-state index contributed by atoms with van der Waals surface area (Å²) >= 11 is 0. The van der Waals surface area contributed by atoms with Crippen LogP contribution in [-0.4, -0.2) is 36.9 Å². The molecule has 10 heteroatoms. The van der Waals surface area contributed by atoms with Crippen LogP contribution in [0.4, 0.5) is 14.9 Å². The van der Waals surface area contributed by atoms with Gasteiger partial charge in [-0.25, -0.2) is 9.18 Å². The van der Waals surface area contributed by atoms with Crippen molar-refractivity contribution in [1.82, 2.24) is 4.31 Å². The maximum Gasteiger partial charge on any atom is 0.426 e. The van der Waals surface area contributed by atoms with Gasteiger partial charge >= 0.3 is 16.4 Å². The third-order valence-electron chi connectivity index (χ3n) is 3.87. The van der Waals surface area contributed by atoms with Crippen molar-refractivity contribution in [3.05, 3.63) is 29.6 Å². The van der Waals surface area contributed by atoms with Crippen LogP contribution in [0.2, 0.25) is 0 Å². The minimum absolute atomic E-state index is 0.122. The van der Waals surface area contributed by atoms with Crippen molar-refractivity contribution in [2.45, 2.75) is 52.2 Å². The molecule has 1 saturated heterocycles. The molecule has 0 bridgehead atoms. The largest absolute Gasteiger partial charge is 0.443 e. The van der Waals surface area contributed by atoms with Crippen LogP contribution in [0.3, 0.4) is 0 Å². The van der Waals surface area contributed by atoms with Crippen molar-refractivity contribution in [2.24, 2.45) is 0 Å². The number of hydrogen-bond donors (Lipinski definition) is 1. The molecule has 1 aliphatic heterocycles. The van der Waals surface area contributed by atoms with Crippen LogP contribution in [0.25, 0.3) is 0 Å². The van der Waals surface area contributed by atoms with Crippen LogP contribution in [0.1, 0.15) is 46.6 Å². The van der Waals surface area contributed by atoms with Gasteiger partial charge in [0.05, 0.1) is 6.61 Å². The molecular weight excluding hydrogens is 379 g/mol. The van der Waals surface area contributed by atoms with E-state index >= 15 is 0 Å². The fourth-order valence-corrected chi connectivity index (χ4v) is 3.94. The van der Waals surface area contributed by atoms with Crippen LogP contribution in [0.5, 0.6) is 0 Å². The number of benzene rings is 1. The number of amides is 2. The highest BCUT2D eigenvalue weighted by Gasteiger charge is 2.55. The van der Waals surface area contributed by atoms with E-state index in [0.29, 0.717) is 4.31 Å². The second-order valence-electron chi connectivity index (χ2n) is 7.33. The molecule has 1 heterocycles. The number of nitrogens with one attached hydrogen (secondary N) is 1. The molecule has 0 saturated carbocycles. The van der Waals surface area contributed by atoms with Gasteiger partial charge in [-0.05, 0) is 45.9 Å². The van der Waals surface area contributed by atoms with Crippen LogP contribution in [0, 0.1) is 5.82 Å². The second kappa shape index (κ2) is 7.08. The molecule has 1 unspecified atom stereocenters. The van der Waals surface area contributed by atoms with Crippen molar-refractivity contribution in [3.8, 4) is 0 Å². The lowest BCUT2D eigenvalue weighted by Crippen LogP contribution is -2.48. The molecule has 8 nitrogen and oxygen atoms in total. The molecule has 150 valence electrons. The first-order valence-corrected chi connectivity index (χ1v) is 9.69. The van der Waals surface area contributed by atoms with Crippen molar-refractivity contribution in [3.63, 3.8) is 0 Å². The number of nitrogens with zero attached hydrogens (tertiary/aromatic N) is 1. The van der Waals surface area contributed by atoms with Gasteiger partial charge in [0, 0.05) is 17.7 Å². The Morgan fingerprint density at radius 2 is 2.00 bits per heavy atom. The number of rotatable bonds is 3. The van der Waals surface area contributed by atoms with Crippen LogP contribution in [-0.2, 0) is 29.6 Å². The summed E-state index contributed by atoms with van der Waals surface area (Å²) in [6.07, 6.45) is -0.962. The zero-order chi connectivity index (χ0) is 20.6. The monoisotopic (exact) mass is 402 g/mol. The lowest BCUT2D eigenvalue weighted by molar-refractivity contribution is -0.115. The van der Waals surface area contributed by atoms with Gasteiger partial charge in [0.25, 0.3) is 0 Å². The van der Waals surface area contributed by atoms with Gasteiger partial charge in [-0.15, -0.1) is 0 Å². The highest BCUT2D eigenvalue weighted by molar-refractivity contribution is 7.85. The molecule has 0 spiro atoms. The molecule has 0 aromatic heterocycles. The number of carbonyl (C=O) groups is 2. The summed E-state index contributed by atoms with van der Waals surface area (Å²) in [4.78, 5) is 24.1. The van der Waals surface area contributed by atoms with E-state index in [1.807, 2.05) is 0 Å². The molecule has 1 atom stereocenters. The van der Waals surface area contributed by atoms with Gasteiger partial charge in [-0.3, -0.25) is 8.98 Å². The number of ether oxygens (including phenoxy) is 1. The summed E-state index contributed by atoms with van der Waals surface area (Å²) in [5.74, 6) is -1.04. The van der Waals surface area contributed by atoms with Gasteiger partial charge in [-0.1, -0.05) is 6.92 Å². The molecule has 27 heavy (non-hydrogen) atoms. The summed E-state index contributed by atoms with van der Waals surface area (Å²) in [5.41, 5.74) is -2.50. The Labute approximate surface area is 157 Å². The Morgan fingerprint density at radius 3 is 2.56 bits per heavy atom. The molecule has 0 radical (unpaired) electrons. The van der Waals surface area contributed by atoms with E-state index in [-0.39, 0.29) is 23.6 Å². The van der Waals surface area contributed by atoms with E-state index in [1.165, 1.54) is 19.1 Å². The van der Waals surface area contributed by atoms with Crippen molar-refractivity contribution >= 4 is 28.0 Å². The minimum Gasteiger partial charge on any atom is -0.443 e. The van der Waals surface area contributed by atoms with E-state index in [0.717, 1.165) is 6.07 Å². The highest BCUT2D eigenvalue weighted by atomic mass is 32.2. The number of hydrogen-bond acceptors (Lipinski definition) is 6. The van der Waals surface area contributed by atoms with Gasteiger partial charge in [0.1, 0.15) is 17.0 Å². The van der Waals surface area contributed by atoms with E-state index < -0.39 is 40.0 Å². The predicted molar refractivity (Wildman–Crippen MR) is 95.6 cm³/mol.